The van der Waals surface area contributed by atoms with Crippen LogP contribution >= 0.6 is 23.2 Å². The Morgan fingerprint density at radius 1 is 1.12 bits per heavy atom. The van der Waals surface area contributed by atoms with Crippen molar-refractivity contribution in [1.29, 1.82) is 0 Å². The second kappa shape index (κ2) is 13.3. The van der Waals surface area contributed by atoms with Gasteiger partial charge in [0, 0.05) is 12.6 Å². The Kier molecular flexibility index (Phi) is 10.5. The fourth-order valence-corrected chi connectivity index (χ4v) is 4.54. The maximum Gasteiger partial charge on any atom is 0.342 e. The first-order valence-corrected chi connectivity index (χ1v) is 12.6. The van der Waals surface area contributed by atoms with Gasteiger partial charge in [-0.1, -0.05) is 47.8 Å². The summed E-state index contributed by atoms with van der Waals surface area (Å²) in [7, 11) is 0. The number of esters is 1. The Bertz CT molecular complexity index is 944. The number of para-hydroxylation sites is 1. The molecule has 1 saturated heterocycles. The Balaban J connectivity index is 0.000000243. The van der Waals surface area contributed by atoms with Crippen molar-refractivity contribution in [2.45, 2.75) is 58.1 Å². The Morgan fingerprint density at radius 2 is 1.82 bits per heavy atom. The molecule has 0 bridgehead atoms. The first-order valence-electron chi connectivity index (χ1n) is 11.9. The number of piperidine rings is 1. The van der Waals surface area contributed by atoms with Crippen molar-refractivity contribution in [2.24, 2.45) is 0 Å². The zero-order valence-electron chi connectivity index (χ0n) is 19.9. The largest absolute Gasteiger partial charge is 0.435 e. The summed E-state index contributed by atoms with van der Waals surface area (Å²) in [6.45, 7) is 6.64. The van der Waals surface area contributed by atoms with Crippen molar-refractivity contribution in [3.8, 4) is 0 Å². The highest BCUT2D eigenvalue weighted by Gasteiger charge is 2.32. The Labute approximate surface area is 212 Å². The molecule has 1 saturated carbocycles. The number of aryl methyl sites for hydroxylation is 1. The zero-order chi connectivity index (χ0) is 24.5. The number of ether oxygens (including phenoxy) is 2. The normalized spacial score (nSPS) is 20.0. The molecule has 186 valence electrons. The van der Waals surface area contributed by atoms with E-state index in [4.69, 9.17) is 37.8 Å². The van der Waals surface area contributed by atoms with E-state index >= 15 is 0 Å². The highest BCUT2D eigenvalue weighted by atomic mass is 35.5. The number of benzene rings is 2. The molecule has 0 atom stereocenters. The molecule has 1 heterocycles. The molecular weight excluding hydrogens is 475 g/mol. The summed E-state index contributed by atoms with van der Waals surface area (Å²) in [5.74, 6) is -0.485. The van der Waals surface area contributed by atoms with E-state index in [2.05, 4.69) is 10.2 Å². The molecule has 2 fully saturated rings. The lowest BCUT2D eigenvalue weighted by atomic mass is 9.87. The first kappa shape index (κ1) is 26.8. The molecule has 6 nitrogen and oxygen atoms in total. The fourth-order valence-electron chi connectivity index (χ4n) is 4.07. The van der Waals surface area contributed by atoms with Crippen LogP contribution in [0.5, 0.6) is 0 Å². The van der Waals surface area contributed by atoms with Gasteiger partial charge < -0.3 is 24.8 Å². The minimum atomic E-state index is -0.485. The van der Waals surface area contributed by atoms with Gasteiger partial charge in [-0.3, -0.25) is 0 Å². The van der Waals surface area contributed by atoms with Crippen molar-refractivity contribution >= 4 is 40.5 Å². The van der Waals surface area contributed by atoms with E-state index in [1.54, 1.807) is 30.3 Å². The van der Waals surface area contributed by atoms with Crippen molar-refractivity contribution in [3.63, 3.8) is 0 Å². The molecule has 2 aromatic rings. The van der Waals surface area contributed by atoms with Crippen LogP contribution in [-0.2, 0) is 9.47 Å². The highest BCUT2D eigenvalue weighted by Crippen LogP contribution is 2.36. The van der Waals surface area contributed by atoms with Crippen LogP contribution in [0.1, 0.15) is 54.9 Å². The summed E-state index contributed by atoms with van der Waals surface area (Å²) < 4.78 is 10.1. The van der Waals surface area contributed by atoms with Gasteiger partial charge in [-0.25, -0.2) is 4.79 Å². The van der Waals surface area contributed by atoms with E-state index in [1.807, 2.05) is 19.9 Å². The SMILES string of the molecule is CCOCOC(=O)c1ccccc1Nc1c(Cl)ccc(C)c1Cl.OC1CC(N2CCCCC2)C1. The van der Waals surface area contributed by atoms with Crippen LogP contribution in [0.15, 0.2) is 36.4 Å². The molecule has 34 heavy (non-hydrogen) atoms. The van der Waals surface area contributed by atoms with Gasteiger partial charge in [-0.15, -0.1) is 0 Å². The number of hydrogen-bond donors (Lipinski definition) is 2. The van der Waals surface area contributed by atoms with Crippen LogP contribution in [0.4, 0.5) is 11.4 Å². The van der Waals surface area contributed by atoms with E-state index in [-0.39, 0.29) is 12.9 Å². The van der Waals surface area contributed by atoms with Gasteiger partial charge in [0.15, 0.2) is 6.79 Å². The molecule has 0 aromatic heterocycles. The summed E-state index contributed by atoms with van der Waals surface area (Å²) in [6.07, 6.45) is 6.22. The molecule has 0 amide bonds. The van der Waals surface area contributed by atoms with Crippen LogP contribution in [-0.4, -0.2) is 54.6 Å². The molecule has 4 rings (SSSR count). The van der Waals surface area contributed by atoms with Crippen LogP contribution in [0, 0.1) is 6.92 Å². The second-order valence-electron chi connectivity index (χ2n) is 8.64. The first-order chi connectivity index (χ1) is 16.4. The van der Waals surface area contributed by atoms with E-state index in [0.29, 0.717) is 33.6 Å². The monoisotopic (exact) mass is 508 g/mol. The number of nitrogens with zero attached hydrogens (tertiary/aromatic N) is 1. The lowest BCUT2D eigenvalue weighted by Crippen LogP contribution is -2.48. The quantitative estimate of drug-likeness (QED) is 0.264. The molecule has 1 aliphatic carbocycles. The predicted molar refractivity (Wildman–Crippen MR) is 137 cm³/mol. The van der Waals surface area contributed by atoms with E-state index in [0.717, 1.165) is 24.4 Å². The molecule has 2 N–H and O–H groups in total. The van der Waals surface area contributed by atoms with Crippen LogP contribution in [0.3, 0.4) is 0 Å². The number of likely N-dealkylation sites (tertiary alicyclic amines) is 1. The number of aliphatic hydroxyl groups excluding tert-OH is 1. The second-order valence-corrected chi connectivity index (χ2v) is 9.43. The minimum absolute atomic E-state index is 0.0157. The molecule has 1 aliphatic heterocycles. The third-order valence-electron chi connectivity index (χ3n) is 6.16. The number of anilines is 2. The zero-order valence-corrected chi connectivity index (χ0v) is 21.4. The maximum atomic E-state index is 12.2. The molecule has 0 radical (unpaired) electrons. The van der Waals surface area contributed by atoms with Gasteiger partial charge in [0.1, 0.15) is 0 Å². The summed E-state index contributed by atoms with van der Waals surface area (Å²) in [5.41, 5.74) is 2.37. The molecule has 2 aliphatic rings. The number of aliphatic hydroxyl groups is 1. The molecule has 0 spiro atoms. The van der Waals surface area contributed by atoms with E-state index in [9.17, 15) is 4.79 Å². The fraction of sp³-hybridized carbons (Fsp3) is 0.500. The van der Waals surface area contributed by atoms with Crippen molar-refractivity contribution < 1.29 is 19.4 Å². The molecule has 2 aromatic carbocycles. The van der Waals surface area contributed by atoms with Gasteiger partial charge in [-0.05, 0) is 76.4 Å². The molecule has 0 unspecified atom stereocenters. The van der Waals surface area contributed by atoms with Crippen molar-refractivity contribution in [2.75, 3.05) is 31.8 Å². The van der Waals surface area contributed by atoms with Crippen LogP contribution in [0.2, 0.25) is 10.0 Å². The summed E-state index contributed by atoms with van der Waals surface area (Å²) in [6, 6.07) is 11.3. The highest BCUT2D eigenvalue weighted by molar-refractivity contribution is 6.39. The minimum Gasteiger partial charge on any atom is -0.435 e. The van der Waals surface area contributed by atoms with Gasteiger partial charge in [0.2, 0.25) is 0 Å². The number of rotatable bonds is 7. The lowest BCUT2D eigenvalue weighted by molar-refractivity contribution is -0.0273. The number of carbonyl (C=O) groups excluding carboxylic acids is 1. The van der Waals surface area contributed by atoms with Gasteiger partial charge in [0.25, 0.3) is 0 Å². The van der Waals surface area contributed by atoms with Gasteiger partial charge in [0.05, 0.1) is 33.1 Å². The Hall–Kier alpha value is -1.83. The third kappa shape index (κ3) is 7.33. The smallest absolute Gasteiger partial charge is 0.342 e. The number of hydrogen-bond acceptors (Lipinski definition) is 6. The van der Waals surface area contributed by atoms with E-state index < -0.39 is 5.97 Å². The Morgan fingerprint density at radius 3 is 2.50 bits per heavy atom. The molecule has 8 heteroatoms. The summed E-state index contributed by atoms with van der Waals surface area (Å²) in [5, 5.41) is 13.2. The summed E-state index contributed by atoms with van der Waals surface area (Å²) in [4.78, 5) is 14.7. The van der Waals surface area contributed by atoms with Crippen LogP contribution in [0.25, 0.3) is 0 Å². The summed E-state index contributed by atoms with van der Waals surface area (Å²) >= 11 is 12.5. The van der Waals surface area contributed by atoms with Crippen LogP contribution < -0.4 is 5.32 Å². The van der Waals surface area contributed by atoms with Gasteiger partial charge >= 0.3 is 5.97 Å². The third-order valence-corrected chi connectivity index (χ3v) is 6.97. The van der Waals surface area contributed by atoms with Gasteiger partial charge in [-0.2, -0.15) is 0 Å². The number of halogens is 2. The average Bonchev–Trinajstić information content (AvgIpc) is 2.83. The standard InChI is InChI=1S/C17H17Cl2NO3.C9H17NO/c1-3-22-10-23-17(21)12-6-4-5-7-14(12)20-16-13(18)9-8-11(2)15(16)19;11-9-6-8(7-9)10-4-2-1-3-5-10/h4-9,20H,3,10H2,1-2H3;8-9,11H,1-7H2. The van der Waals surface area contributed by atoms with Crippen molar-refractivity contribution in [1.82, 2.24) is 4.90 Å². The predicted octanol–water partition coefficient (Wildman–Crippen LogP) is 6.19. The maximum absolute atomic E-state index is 12.2. The number of nitrogens with one attached hydrogen (secondary N) is 1. The molecular formula is C26H34Cl2N2O4. The van der Waals surface area contributed by atoms with E-state index in [1.165, 1.54) is 32.4 Å². The average molecular weight is 509 g/mol. The topological polar surface area (TPSA) is 71.0 Å². The van der Waals surface area contributed by atoms with Crippen molar-refractivity contribution in [3.05, 3.63) is 57.6 Å². The lowest BCUT2D eigenvalue weighted by Gasteiger charge is -2.42. The number of carbonyl (C=O) groups is 1.